The minimum Gasteiger partial charge on any atom is -0.392 e. The molecule has 1 rings (SSSR count). The molecule has 2 amide bonds. The van der Waals surface area contributed by atoms with Crippen LogP contribution in [0.1, 0.15) is 183 Å². The van der Waals surface area contributed by atoms with E-state index in [2.05, 4.69) is 207 Å². The maximum Gasteiger partial charge on any atom is 0.243 e. The molecule has 12 heteroatoms. The Labute approximate surface area is 492 Å². The first kappa shape index (κ1) is 74.5. The Kier molecular flexibility index (Phi) is 49.7. The molecule has 1 aliphatic heterocycles. The van der Waals surface area contributed by atoms with E-state index in [1.165, 1.54) is 0 Å². The van der Waals surface area contributed by atoms with Crippen LogP contribution < -0.4 is 10.6 Å². The Morgan fingerprint density at radius 2 is 0.825 bits per heavy atom. The number of hydrogen-bond acceptors (Lipinski definition) is 8. The fourth-order valence-electron chi connectivity index (χ4n) is 9.25. The van der Waals surface area contributed by atoms with Gasteiger partial charge in [0.05, 0.1) is 23.9 Å². The van der Waals surface area contributed by atoms with Gasteiger partial charge < -0.3 is 31.1 Å². The first-order valence-corrected chi connectivity index (χ1v) is 33.4. The summed E-state index contributed by atoms with van der Waals surface area (Å²) in [6.07, 6.45) is 65.1. The van der Waals surface area contributed by atoms with Crippen molar-refractivity contribution in [2.75, 3.05) is 39.3 Å². The lowest BCUT2D eigenvalue weighted by molar-refractivity contribution is -0.137. The number of rotatable bonds is 50. The van der Waals surface area contributed by atoms with Crippen LogP contribution in [-0.4, -0.2) is 117 Å². The van der Waals surface area contributed by atoms with Crippen molar-refractivity contribution in [3.8, 4) is 0 Å². The summed E-state index contributed by atoms with van der Waals surface area (Å²) in [5.74, 6) is 3.04. The zero-order chi connectivity index (χ0) is 58.5. The van der Waals surface area contributed by atoms with Crippen LogP contribution in [0.15, 0.2) is 145 Å². The number of hydrogen-bond donors (Lipinski definition) is 6. The lowest BCUT2D eigenvalue weighted by Gasteiger charge is -2.32. The van der Waals surface area contributed by atoms with Crippen molar-refractivity contribution < 1.29 is 30.0 Å². The van der Waals surface area contributed by atoms with E-state index in [0.29, 0.717) is 71.4 Å². The van der Waals surface area contributed by atoms with Crippen LogP contribution in [0.4, 0.5) is 0 Å². The topological polar surface area (TPSA) is 146 Å². The van der Waals surface area contributed by atoms with Gasteiger partial charge in [0.15, 0.2) is 0 Å². The van der Waals surface area contributed by atoms with Gasteiger partial charge in [0.2, 0.25) is 11.8 Å². The number of amides is 2. The summed E-state index contributed by atoms with van der Waals surface area (Å²) in [5.41, 5.74) is 0. The third-order valence-corrected chi connectivity index (χ3v) is 15.9. The van der Waals surface area contributed by atoms with Crippen LogP contribution in [0.5, 0.6) is 0 Å². The number of carbonyl (C=O) groups is 2. The van der Waals surface area contributed by atoms with Gasteiger partial charge in [0, 0.05) is 26.2 Å². The van der Waals surface area contributed by atoms with Gasteiger partial charge in [-0.1, -0.05) is 210 Å². The summed E-state index contributed by atoms with van der Waals surface area (Å²) < 4.78 is 0. The minimum atomic E-state index is -0.608. The van der Waals surface area contributed by atoms with E-state index in [4.69, 9.17) is 0 Å². The Bertz CT molecular complexity index is 1860. The minimum absolute atomic E-state index is 0.0934. The molecule has 1 saturated heterocycles. The summed E-state index contributed by atoms with van der Waals surface area (Å²) in [7, 11) is 0.492. The van der Waals surface area contributed by atoms with Crippen LogP contribution in [0.3, 0.4) is 0 Å². The molecule has 0 aromatic carbocycles. The molecule has 6 N–H and O–H groups in total. The smallest absolute Gasteiger partial charge is 0.243 e. The number of unbranched alkanes of at least 4 members (excludes halogenated alkanes) is 2. The molecular formula is C68H114N4O6P2. The van der Waals surface area contributed by atoms with Gasteiger partial charge in [-0.05, 0) is 160 Å². The zero-order valence-electron chi connectivity index (χ0n) is 50.8. The van der Waals surface area contributed by atoms with Crippen LogP contribution in [0.2, 0.25) is 0 Å². The number of allylic oxidation sites excluding steroid dienone is 22. The summed E-state index contributed by atoms with van der Waals surface area (Å²) in [6.45, 7) is 16.0. The largest absolute Gasteiger partial charge is 0.392 e. The molecular weight excluding hydrogens is 1030 g/mol. The molecule has 80 heavy (non-hydrogen) atoms. The van der Waals surface area contributed by atoms with Crippen molar-refractivity contribution in [2.24, 2.45) is 11.8 Å². The van der Waals surface area contributed by atoms with Crippen molar-refractivity contribution in [1.29, 1.82) is 0 Å². The van der Waals surface area contributed by atoms with Gasteiger partial charge in [-0.3, -0.25) is 19.4 Å². The van der Waals surface area contributed by atoms with Crippen LogP contribution in [-0.2, 0) is 9.59 Å². The number of nitrogens with one attached hydrogen (secondary N) is 2. The normalized spacial score (nSPS) is 18.8. The average Bonchev–Trinajstić information content (AvgIpc) is 3.44. The van der Waals surface area contributed by atoms with Crippen molar-refractivity contribution >= 4 is 29.0 Å². The molecule has 0 saturated carbocycles. The second-order valence-corrected chi connectivity index (χ2v) is 23.7. The van der Waals surface area contributed by atoms with Crippen molar-refractivity contribution in [3.63, 3.8) is 0 Å². The summed E-state index contributed by atoms with van der Waals surface area (Å²) in [6, 6.07) is -1.21. The molecule has 0 aromatic heterocycles. The van der Waals surface area contributed by atoms with Gasteiger partial charge in [0.1, 0.15) is 12.1 Å². The molecule has 0 bridgehead atoms. The van der Waals surface area contributed by atoms with Gasteiger partial charge >= 0.3 is 0 Å². The van der Waals surface area contributed by atoms with Gasteiger partial charge in [-0.2, -0.15) is 0 Å². The number of aliphatic hydroxyl groups excluding tert-OH is 4. The highest BCUT2D eigenvalue weighted by molar-refractivity contribution is 7.42. The van der Waals surface area contributed by atoms with Crippen LogP contribution in [0, 0.1) is 11.8 Å². The van der Waals surface area contributed by atoms with Crippen molar-refractivity contribution in [2.45, 2.75) is 219 Å². The highest BCUT2D eigenvalue weighted by Crippen LogP contribution is 2.24. The molecule has 0 aromatic rings. The lowest BCUT2D eigenvalue weighted by atomic mass is 9.94. The van der Waals surface area contributed by atoms with Gasteiger partial charge in [-0.25, -0.2) is 0 Å². The quantitative estimate of drug-likeness (QED) is 0.0201. The third kappa shape index (κ3) is 42.3. The van der Waals surface area contributed by atoms with E-state index >= 15 is 0 Å². The molecule has 452 valence electrons. The van der Waals surface area contributed by atoms with E-state index in [9.17, 15) is 30.0 Å². The SMILES string of the molecule is CC/C=C\C/C=C\C/C=C\CC(CC)C(O)CN(CCCCC1NC(=O)C(CCCCN(CC(O)P/C=C\C/C=C\C/C=C\CC)CC(O)P/C=C\C/C=C\C/C=C\CC)NC1=O)CC(O)CC(/C=C\C/C=C\C/C=C\CC)CC. The molecule has 10 unspecified atom stereocenters. The second kappa shape index (κ2) is 53.4. The average molecular weight is 1150 g/mol. The predicted molar refractivity (Wildman–Crippen MR) is 350 cm³/mol. The van der Waals surface area contributed by atoms with E-state index < -0.39 is 36.0 Å². The van der Waals surface area contributed by atoms with Gasteiger partial charge in [0.25, 0.3) is 0 Å². The molecule has 0 spiro atoms. The van der Waals surface area contributed by atoms with Crippen LogP contribution >= 0.6 is 17.2 Å². The molecule has 0 aliphatic carbocycles. The maximum absolute atomic E-state index is 13.4. The third-order valence-electron chi connectivity index (χ3n) is 13.9. The fourth-order valence-corrected chi connectivity index (χ4v) is 11.0. The first-order valence-electron chi connectivity index (χ1n) is 31.1. The van der Waals surface area contributed by atoms with Crippen molar-refractivity contribution in [3.05, 3.63) is 145 Å². The Hall–Kier alpha value is -3.56. The number of aliphatic hydroxyl groups is 4. The Morgan fingerprint density at radius 3 is 1.23 bits per heavy atom. The van der Waals surface area contributed by atoms with E-state index in [1.807, 2.05) is 0 Å². The summed E-state index contributed by atoms with van der Waals surface area (Å²) in [4.78, 5) is 31.2. The first-order chi connectivity index (χ1) is 39.0. The second-order valence-electron chi connectivity index (χ2n) is 21.0. The number of nitrogens with zero attached hydrogens (tertiary/aromatic N) is 2. The molecule has 1 aliphatic rings. The monoisotopic (exact) mass is 1140 g/mol. The number of piperazine rings is 1. The highest BCUT2D eigenvalue weighted by atomic mass is 31.1. The van der Waals surface area contributed by atoms with Gasteiger partial charge in [-0.15, -0.1) is 0 Å². The van der Waals surface area contributed by atoms with Crippen LogP contribution in [0.25, 0.3) is 0 Å². The molecule has 0 radical (unpaired) electrons. The molecule has 1 heterocycles. The predicted octanol–water partition coefficient (Wildman–Crippen LogP) is 14.8. The Morgan fingerprint density at radius 1 is 0.450 bits per heavy atom. The Balaban J connectivity index is 2.88. The van der Waals surface area contributed by atoms with Crippen molar-refractivity contribution in [1.82, 2.24) is 20.4 Å². The lowest BCUT2D eigenvalue weighted by Crippen LogP contribution is -2.61. The molecule has 1 fully saturated rings. The number of carbonyl (C=O) groups excluding carboxylic acids is 2. The highest BCUT2D eigenvalue weighted by Gasteiger charge is 2.33. The fraction of sp³-hybridized carbons (Fsp3) is 0.618. The zero-order valence-corrected chi connectivity index (χ0v) is 52.8. The molecule has 10 nitrogen and oxygen atoms in total. The standard InChI is InChI=1S/C68H114N4O6P2/c1-7-13-17-21-25-29-31-35-39-47-60(12-6)64(74)56-71(55-61(73)54-59(11-5)46-38-34-30-26-22-18-14-8-2)50-42-40-48-62-67(77)70-63(68(78)69-62)49-41-43-51-72(57-65(75)79-52-44-36-32-27-23-19-15-9-3)58-66(76)80-53-45-37-33-28-24-20-16-10-4/h13-20,25-30,32-33,35,38-39,44-46,52-53,59-66,73-76,79-80H,7-12,21-24,31,34,36-37,40-43,47-51,54-58H2,1-6H3,(H,69,78)(H,70,77)/b17-13-,18-14-,19-15-,20-16-,29-25-,30-26-,32-27-,33-28-,39-35-,46-38-,52-44-,53-45-. The van der Waals surface area contributed by atoms with E-state index in [0.717, 1.165) is 109 Å². The summed E-state index contributed by atoms with van der Waals surface area (Å²) in [5, 5.41) is 51.2. The summed E-state index contributed by atoms with van der Waals surface area (Å²) >= 11 is 0. The van der Waals surface area contributed by atoms with E-state index in [-0.39, 0.29) is 40.8 Å². The van der Waals surface area contributed by atoms with E-state index in [1.54, 1.807) is 0 Å². The molecule has 10 atom stereocenters. The maximum atomic E-state index is 13.4.